The molecule has 0 saturated carbocycles. The number of benzene rings is 7. The monoisotopic (exact) mass is 510 g/mol. The average Bonchev–Trinajstić information content (AvgIpc) is 3.64. The highest BCUT2D eigenvalue weighted by Gasteiger charge is 2.23. The molecule has 0 atom stereocenters. The van der Waals surface area contributed by atoms with Crippen molar-refractivity contribution in [1.82, 2.24) is 0 Å². The van der Waals surface area contributed by atoms with Crippen molar-refractivity contribution in [3.8, 4) is 22.3 Å². The molecular formula is C38H22O2. The van der Waals surface area contributed by atoms with E-state index >= 15 is 0 Å². The first-order valence-corrected chi connectivity index (χ1v) is 13.6. The van der Waals surface area contributed by atoms with Crippen LogP contribution in [-0.2, 0) is 0 Å². The Bertz CT molecular complexity index is 2370. The molecule has 0 aliphatic heterocycles. The lowest BCUT2D eigenvalue weighted by molar-refractivity contribution is 0.615. The Balaban J connectivity index is 1.50. The van der Waals surface area contributed by atoms with Gasteiger partial charge >= 0.3 is 0 Å². The number of furan rings is 2. The first-order chi connectivity index (χ1) is 19.9. The molecule has 0 bridgehead atoms. The molecule has 0 spiro atoms. The highest BCUT2D eigenvalue weighted by Crippen LogP contribution is 2.49. The van der Waals surface area contributed by atoms with Gasteiger partial charge in [-0.2, -0.15) is 0 Å². The molecule has 2 nitrogen and oxygen atoms in total. The Labute approximate surface area is 229 Å². The Morgan fingerprint density at radius 1 is 0.400 bits per heavy atom. The Morgan fingerprint density at radius 3 is 1.68 bits per heavy atom. The van der Waals surface area contributed by atoms with Crippen LogP contribution in [0.3, 0.4) is 0 Å². The normalized spacial score (nSPS) is 12.0. The van der Waals surface area contributed by atoms with E-state index in [2.05, 4.69) is 109 Å². The second-order valence-electron chi connectivity index (χ2n) is 10.4. The van der Waals surface area contributed by atoms with Crippen molar-refractivity contribution in [2.45, 2.75) is 0 Å². The van der Waals surface area contributed by atoms with Crippen LogP contribution in [0.4, 0.5) is 0 Å². The molecule has 7 aromatic carbocycles. The minimum absolute atomic E-state index is 0.861. The van der Waals surface area contributed by atoms with Crippen LogP contribution in [0.2, 0.25) is 0 Å². The van der Waals surface area contributed by atoms with Gasteiger partial charge in [-0.25, -0.2) is 0 Å². The molecule has 9 aromatic rings. The van der Waals surface area contributed by atoms with E-state index < -0.39 is 0 Å². The van der Waals surface area contributed by atoms with Crippen molar-refractivity contribution >= 4 is 65.2 Å². The fourth-order valence-electron chi connectivity index (χ4n) is 6.68. The Kier molecular flexibility index (Phi) is 4.36. The van der Waals surface area contributed by atoms with Gasteiger partial charge in [0.2, 0.25) is 0 Å². The van der Waals surface area contributed by atoms with Gasteiger partial charge < -0.3 is 8.83 Å². The van der Waals surface area contributed by atoms with Crippen LogP contribution in [-0.4, -0.2) is 0 Å². The molecule has 186 valence electrons. The summed E-state index contributed by atoms with van der Waals surface area (Å²) in [6.07, 6.45) is 1.77. The molecule has 0 N–H and O–H groups in total. The van der Waals surface area contributed by atoms with Gasteiger partial charge in [-0.3, -0.25) is 0 Å². The third kappa shape index (κ3) is 2.88. The van der Waals surface area contributed by atoms with E-state index in [0.29, 0.717) is 0 Å². The maximum atomic E-state index is 6.64. The van der Waals surface area contributed by atoms with Crippen LogP contribution in [0.25, 0.3) is 87.5 Å². The maximum absolute atomic E-state index is 6.64. The molecule has 2 heterocycles. The minimum Gasteiger partial charge on any atom is -0.464 e. The van der Waals surface area contributed by atoms with E-state index in [-0.39, 0.29) is 0 Å². The summed E-state index contributed by atoms with van der Waals surface area (Å²) in [5.74, 6) is 0. The van der Waals surface area contributed by atoms with Crippen molar-refractivity contribution in [1.29, 1.82) is 0 Å². The summed E-state index contributed by atoms with van der Waals surface area (Å²) in [6, 6.07) is 45.3. The van der Waals surface area contributed by atoms with Gasteiger partial charge in [0.15, 0.2) is 0 Å². The summed E-state index contributed by atoms with van der Waals surface area (Å²) in [5, 5.41) is 10.6. The average molecular weight is 511 g/mol. The predicted octanol–water partition coefficient (Wildman–Crippen LogP) is 11.1. The zero-order chi connectivity index (χ0) is 26.2. The topological polar surface area (TPSA) is 26.3 Å². The van der Waals surface area contributed by atoms with E-state index in [4.69, 9.17) is 8.83 Å². The largest absolute Gasteiger partial charge is 0.464 e. The van der Waals surface area contributed by atoms with Crippen LogP contribution < -0.4 is 0 Å². The molecule has 40 heavy (non-hydrogen) atoms. The van der Waals surface area contributed by atoms with Crippen molar-refractivity contribution in [2.75, 3.05) is 0 Å². The fraction of sp³-hybridized carbons (Fsp3) is 0. The van der Waals surface area contributed by atoms with Crippen molar-refractivity contribution in [3.05, 3.63) is 134 Å². The molecule has 2 aromatic heterocycles. The van der Waals surface area contributed by atoms with Gasteiger partial charge in [-0.1, -0.05) is 109 Å². The molecule has 2 heteroatoms. The first kappa shape index (κ1) is 21.6. The van der Waals surface area contributed by atoms with Crippen LogP contribution in [0, 0.1) is 0 Å². The van der Waals surface area contributed by atoms with Gasteiger partial charge in [-0.15, -0.1) is 0 Å². The van der Waals surface area contributed by atoms with Gasteiger partial charge in [0.05, 0.1) is 6.26 Å². The number of rotatable bonds is 2. The summed E-state index contributed by atoms with van der Waals surface area (Å²) in [7, 11) is 0. The van der Waals surface area contributed by atoms with Gasteiger partial charge in [-0.05, 0) is 61.6 Å². The fourth-order valence-corrected chi connectivity index (χ4v) is 6.68. The highest BCUT2D eigenvalue weighted by molar-refractivity contribution is 6.28. The predicted molar refractivity (Wildman–Crippen MR) is 167 cm³/mol. The third-order valence-corrected chi connectivity index (χ3v) is 8.34. The highest BCUT2D eigenvalue weighted by atomic mass is 16.3. The minimum atomic E-state index is 0.861. The number of para-hydroxylation sites is 1. The standard InChI is InChI=1S/C38H22O2/c1-2-12-24-23(10-1)11-9-18-25(24)35-26-13-3-5-15-28(26)36(29-16-6-4-14-27(29)35)32-22-34-31(20-21-39-34)37-30-17-7-8-19-33(30)40-38(32)37/h1-22H. The van der Waals surface area contributed by atoms with Crippen LogP contribution in [0.1, 0.15) is 0 Å². The van der Waals surface area contributed by atoms with Crippen LogP contribution in [0.5, 0.6) is 0 Å². The lowest BCUT2D eigenvalue weighted by Gasteiger charge is -2.19. The zero-order valence-electron chi connectivity index (χ0n) is 21.5. The van der Waals surface area contributed by atoms with Crippen molar-refractivity contribution in [3.63, 3.8) is 0 Å². The van der Waals surface area contributed by atoms with Crippen LogP contribution >= 0.6 is 0 Å². The van der Waals surface area contributed by atoms with Gasteiger partial charge in [0.25, 0.3) is 0 Å². The second-order valence-corrected chi connectivity index (χ2v) is 10.4. The lowest BCUT2D eigenvalue weighted by atomic mass is 9.84. The molecule has 0 unspecified atom stereocenters. The number of hydrogen-bond donors (Lipinski definition) is 0. The van der Waals surface area contributed by atoms with E-state index in [0.717, 1.165) is 44.0 Å². The quantitative estimate of drug-likeness (QED) is 0.216. The third-order valence-electron chi connectivity index (χ3n) is 8.34. The summed E-state index contributed by atoms with van der Waals surface area (Å²) < 4.78 is 12.7. The zero-order valence-corrected chi connectivity index (χ0v) is 21.5. The smallest absolute Gasteiger partial charge is 0.144 e. The summed E-state index contributed by atoms with van der Waals surface area (Å²) in [5.41, 5.74) is 7.35. The number of fused-ring (bicyclic) bond motifs is 8. The van der Waals surface area contributed by atoms with Crippen molar-refractivity contribution in [2.24, 2.45) is 0 Å². The molecule has 0 saturated heterocycles. The van der Waals surface area contributed by atoms with Gasteiger partial charge in [0.1, 0.15) is 16.7 Å². The van der Waals surface area contributed by atoms with Crippen molar-refractivity contribution < 1.29 is 8.83 Å². The van der Waals surface area contributed by atoms with E-state index in [1.165, 1.54) is 43.4 Å². The molecule has 9 rings (SSSR count). The molecule has 0 aliphatic rings. The molecule has 0 aliphatic carbocycles. The second kappa shape index (κ2) is 8.08. The summed E-state index contributed by atoms with van der Waals surface area (Å²) in [4.78, 5) is 0. The lowest BCUT2D eigenvalue weighted by Crippen LogP contribution is -1.92. The molecular weight excluding hydrogens is 488 g/mol. The molecule has 0 amide bonds. The van der Waals surface area contributed by atoms with Crippen LogP contribution in [0.15, 0.2) is 142 Å². The maximum Gasteiger partial charge on any atom is 0.144 e. The van der Waals surface area contributed by atoms with Gasteiger partial charge in [0, 0.05) is 27.3 Å². The van der Waals surface area contributed by atoms with E-state index in [1.807, 2.05) is 18.2 Å². The molecule has 0 radical (unpaired) electrons. The molecule has 0 fully saturated rings. The summed E-state index contributed by atoms with van der Waals surface area (Å²) >= 11 is 0. The van der Waals surface area contributed by atoms with E-state index in [9.17, 15) is 0 Å². The van der Waals surface area contributed by atoms with E-state index in [1.54, 1.807) is 6.26 Å². The first-order valence-electron chi connectivity index (χ1n) is 13.6. The summed E-state index contributed by atoms with van der Waals surface area (Å²) in [6.45, 7) is 0. The Hall–Kier alpha value is -5.34. The number of hydrogen-bond acceptors (Lipinski definition) is 2. The Morgan fingerprint density at radius 2 is 0.950 bits per heavy atom. The SMILES string of the molecule is c1ccc2c(-c3c4ccccc4c(-c4cc5occc5c5c4oc4ccccc45)c4ccccc34)cccc2c1.